The highest BCUT2D eigenvalue weighted by atomic mass is 35.5. The first kappa shape index (κ1) is 14.3. The summed E-state index contributed by atoms with van der Waals surface area (Å²) in [6.45, 7) is 4.93. The van der Waals surface area contributed by atoms with Crippen LogP contribution in [0.25, 0.3) is 0 Å². The van der Waals surface area contributed by atoms with Gasteiger partial charge in [-0.3, -0.25) is 4.79 Å². The van der Waals surface area contributed by atoms with Crippen LogP contribution >= 0.6 is 22.9 Å². The topological polar surface area (TPSA) is 58.1 Å². The Bertz CT molecular complexity index is 380. The van der Waals surface area contributed by atoms with Crippen LogP contribution in [0.3, 0.4) is 0 Å². The normalized spacial score (nSPS) is 13.1. The third kappa shape index (κ3) is 4.57. The van der Waals surface area contributed by atoms with Crippen molar-refractivity contribution >= 4 is 28.8 Å². The smallest absolute Gasteiger partial charge is 0.282 e. The number of nitrogens with one attached hydrogen (secondary N) is 1. The molecule has 1 rings (SSSR count). The standard InChI is InChI=1S/C10H17ClN4OS/c1-6(2)7(5-15(3)4)12-8(16)9-13-14-10(11)17-9/h6-7H,5H2,1-4H3,(H,12,16). The lowest BCUT2D eigenvalue weighted by atomic mass is 10.0. The van der Waals surface area contributed by atoms with Gasteiger partial charge in [-0.1, -0.05) is 25.2 Å². The number of likely N-dealkylation sites (N-methyl/N-ethyl adjacent to an activating group) is 1. The highest BCUT2D eigenvalue weighted by Crippen LogP contribution is 2.15. The van der Waals surface area contributed by atoms with Gasteiger partial charge in [-0.15, -0.1) is 10.2 Å². The van der Waals surface area contributed by atoms with Crippen molar-refractivity contribution in [2.24, 2.45) is 5.92 Å². The molecule has 1 unspecified atom stereocenters. The SMILES string of the molecule is CC(C)C(CN(C)C)NC(=O)c1nnc(Cl)s1. The van der Waals surface area contributed by atoms with Crippen LogP contribution in [0.2, 0.25) is 4.47 Å². The molecule has 0 aliphatic rings. The van der Waals surface area contributed by atoms with Gasteiger partial charge in [-0.05, 0) is 31.6 Å². The lowest BCUT2D eigenvalue weighted by molar-refractivity contribution is 0.0915. The van der Waals surface area contributed by atoms with E-state index < -0.39 is 0 Å². The summed E-state index contributed by atoms with van der Waals surface area (Å²) in [5.41, 5.74) is 0. The van der Waals surface area contributed by atoms with Crippen LogP contribution in [0.15, 0.2) is 0 Å². The first-order valence-corrected chi connectivity index (χ1v) is 6.54. The zero-order valence-electron chi connectivity index (χ0n) is 10.4. The monoisotopic (exact) mass is 276 g/mol. The summed E-state index contributed by atoms with van der Waals surface area (Å²) >= 11 is 6.73. The van der Waals surface area contributed by atoms with E-state index in [1.165, 1.54) is 0 Å². The Balaban J connectivity index is 2.64. The van der Waals surface area contributed by atoms with Crippen LogP contribution in [0.4, 0.5) is 0 Å². The molecule has 1 amide bonds. The van der Waals surface area contributed by atoms with Gasteiger partial charge in [0.1, 0.15) is 0 Å². The molecule has 0 saturated heterocycles. The number of aromatic nitrogens is 2. The predicted octanol–water partition coefficient (Wildman–Crippen LogP) is 1.51. The fourth-order valence-corrected chi connectivity index (χ4v) is 2.08. The van der Waals surface area contributed by atoms with Crippen molar-refractivity contribution in [3.05, 3.63) is 9.47 Å². The van der Waals surface area contributed by atoms with Crippen LogP contribution in [0, 0.1) is 5.92 Å². The molecule has 0 fully saturated rings. The number of carbonyl (C=O) groups is 1. The second-order valence-corrected chi connectivity index (χ2v) is 6.01. The lowest BCUT2D eigenvalue weighted by Gasteiger charge is -2.25. The van der Waals surface area contributed by atoms with Crippen molar-refractivity contribution in [2.75, 3.05) is 20.6 Å². The van der Waals surface area contributed by atoms with Crippen molar-refractivity contribution in [1.29, 1.82) is 0 Å². The molecule has 96 valence electrons. The highest BCUT2D eigenvalue weighted by Gasteiger charge is 2.20. The highest BCUT2D eigenvalue weighted by molar-refractivity contribution is 7.17. The summed E-state index contributed by atoms with van der Waals surface area (Å²) in [6, 6.07) is 0.0835. The van der Waals surface area contributed by atoms with Crippen LogP contribution in [-0.4, -0.2) is 47.7 Å². The van der Waals surface area contributed by atoms with Gasteiger partial charge in [0.25, 0.3) is 5.91 Å². The molecule has 0 bridgehead atoms. The third-order valence-corrected chi connectivity index (χ3v) is 3.30. The molecule has 1 aromatic rings. The van der Waals surface area contributed by atoms with Crippen molar-refractivity contribution < 1.29 is 4.79 Å². The van der Waals surface area contributed by atoms with Crippen LogP contribution < -0.4 is 5.32 Å². The predicted molar refractivity (Wildman–Crippen MR) is 69.6 cm³/mol. The lowest BCUT2D eigenvalue weighted by Crippen LogP contribution is -2.45. The van der Waals surface area contributed by atoms with Gasteiger partial charge in [0.15, 0.2) is 0 Å². The minimum absolute atomic E-state index is 0.0835. The maximum Gasteiger partial charge on any atom is 0.282 e. The third-order valence-electron chi connectivity index (χ3n) is 2.28. The van der Waals surface area contributed by atoms with Crippen molar-refractivity contribution in [3.8, 4) is 0 Å². The van der Waals surface area contributed by atoms with E-state index in [4.69, 9.17) is 11.6 Å². The van der Waals surface area contributed by atoms with E-state index in [9.17, 15) is 4.79 Å². The van der Waals surface area contributed by atoms with Gasteiger partial charge in [0.2, 0.25) is 9.47 Å². The van der Waals surface area contributed by atoms with Gasteiger partial charge in [0, 0.05) is 12.6 Å². The molecular weight excluding hydrogens is 260 g/mol. The van der Waals surface area contributed by atoms with E-state index >= 15 is 0 Å². The summed E-state index contributed by atoms with van der Waals surface area (Å²) in [7, 11) is 3.95. The van der Waals surface area contributed by atoms with E-state index in [1.807, 2.05) is 19.0 Å². The largest absolute Gasteiger partial charge is 0.346 e. The van der Waals surface area contributed by atoms with E-state index in [0.717, 1.165) is 17.9 Å². The van der Waals surface area contributed by atoms with Crippen LogP contribution in [0.1, 0.15) is 23.6 Å². The Morgan fingerprint density at radius 1 is 1.47 bits per heavy atom. The zero-order chi connectivity index (χ0) is 13.0. The minimum Gasteiger partial charge on any atom is -0.346 e. The quantitative estimate of drug-likeness (QED) is 0.886. The van der Waals surface area contributed by atoms with E-state index in [1.54, 1.807) is 0 Å². The molecule has 0 aliphatic carbocycles. The number of hydrogen-bond donors (Lipinski definition) is 1. The average molecular weight is 277 g/mol. The van der Waals surface area contributed by atoms with E-state index in [0.29, 0.717) is 10.9 Å². The van der Waals surface area contributed by atoms with Gasteiger partial charge < -0.3 is 10.2 Å². The molecule has 1 atom stereocenters. The molecule has 7 heteroatoms. The van der Waals surface area contributed by atoms with E-state index in [-0.39, 0.29) is 16.4 Å². The van der Waals surface area contributed by atoms with Crippen LogP contribution in [0.5, 0.6) is 0 Å². The molecule has 0 radical (unpaired) electrons. The first-order chi connectivity index (χ1) is 7.90. The van der Waals surface area contributed by atoms with Crippen molar-refractivity contribution in [3.63, 3.8) is 0 Å². The second kappa shape index (κ2) is 6.28. The van der Waals surface area contributed by atoms with Gasteiger partial charge in [-0.2, -0.15) is 0 Å². The Morgan fingerprint density at radius 2 is 2.12 bits per heavy atom. The molecule has 17 heavy (non-hydrogen) atoms. The molecule has 1 aromatic heterocycles. The molecule has 0 aliphatic heterocycles. The minimum atomic E-state index is -0.213. The fraction of sp³-hybridized carbons (Fsp3) is 0.700. The summed E-state index contributed by atoms with van der Waals surface area (Å²) in [5.74, 6) is 0.139. The Hall–Kier alpha value is -0.720. The number of hydrogen-bond acceptors (Lipinski definition) is 5. The molecule has 0 spiro atoms. The zero-order valence-corrected chi connectivity index (χ0v) is 12.0. The summed E-state index contributed by atoms with van der Waals surface area (Å²) in [4.78, 5) is 13.9. The number of halogens is 1. The first-order valence-electron chi connectivity index (χ1n) is 5.34. The summed E-state index contributed by atoms with van der Waals surface area (Å²) in [5, 5.41) is 10.6. The molecular formula is C10H17ClN4OS. The molecule has 5 nitrogen and oxygen atoms in total. The number of rotatable bonds is 5. The molecule has 1 N–H and O–H groups in total. The Morgan fingerprint density at radius 3 is 2.53 bits per heavy atom. The maximum absolute atomic E-state index is 11.9. The van der Waals surface area contributed by atoms with Gasteiger partial charge in [0.05, 0.1) is 0 Å². The van der Waals surface area contributed by atoms with Gasteiger partial charge in [-0.25, -0.2) is 0 Å². The maximum atomic E-state index is 11.9. The molecule has 1 heterocycles. The number of amides is 1. The van der Waals surface area contributed by atoms with E-state index in [2.05, 4.69) is 29.4 Å². The fourth-order valence-electron chi connectivity index (χ4n) is 1.34. The average Bonchev–Trinajstić information content (AvgIpc) is 2.63. The van der Waals surface area contributed by atoms with Gasteiger partial charge >= 0.3 is 0 Å². The summed E-state index contributed by atoms with van der Waals surface area (Å²) < 4.78 is 0.281. The Labute approximate surface area is 110 Å². The number of nitrogens with zero attached hydrogens (tertiary/aromatic N) is 3. The Kier molecular flexibility index (Phi) is 5.30. The van der Waals surface area contributed by atoms with Crippen molar-refractivity contribution in [2.45, 2.75) is 19.9 Å². The number of carbonyl (C=O) groups excluding carboxylic acids is 1. The second-order valence-electron chi connectivity index (χ2n) is 4.45. The van der Waals surface area contributed by atoms with Crippen LogP contribution in [-0.2, 0) is 0 Å². The summed E-state index contributed by atoms with van der Waals surface area (Å²) in [6.07, 6.45) is 0. The molecule has 0 aromatic carbocycles. The molecule has 0 saturated carbocycles. The van der Waals surface area contributed by atoms with Crippen molar-refractivity contribution in [1.82, 2.24) is 20.4 Å².